The molecule has 0 radical (unpaired) electrons. The van der Waals surface area contributed by atoms with Gasteiger partial charge in [-0.2, -0.15) is 5.26 Å². The summed E-state index contributed by atoms with van der Waals surface area (Å²) in [5, 5.41) is 13.4. The highest BCUT2D eigenvalue weighted by Crippen LogP contribution is 2.42. The van der Waals surface area contributed by atoms with Crippen molar-refractivity contribution in [2.75, 3.05) is 33.2 Å². The van der Waals surface area contributed by atoms with Gasteiger partial charge < -0.3 is 4.90 Å². The fourth-order valence-corrected chi connectivity index (χ4v) is 3.24. The molecule has 3 aliphatic rings. The fraction of sp³-hybridized carbons (Fsp3) is 0.933. The van der Waals surface area contributed by atoms with Gasteiger partial charge in [-0.15, -0.1) is 0 Å². The van der Waals surface area contributed by atoms with Crippen LogP contribution >= 0.6 is 0 Å². The molecule has 3 fully saturated rings. The topological polar surface area (TPSA) is 42.3 Å². The van der Waals surface area contributed by atoms with Crippen molar-refractivity contribution in [3.05, 3.63) is 0 Å². The molecule has 2 saturated carbocycles. The first kappa shape index (κ1) is 13.4. The van der Waals surface area contributed by atoms with Gasteiger partial charge in [-0.3, -0.25) is 10.2 Å². The number of nitriles is 1. The van der Waals surface area contributed by atoms with Crippen LogP contribution in [-0.2, 0) is 0 Å². The summed E-state index contributed by atoms with van der Waals surface area (Å²) in [5.74, 6) is 0.591. The van der Waals surface area contributed by atoms with Gasteiger partial charge in [0.05, 0.1) is 6.07 Å². The smallest absolute Gasteiger partial charge is 0.122 e. The number of nitrogens with one attached hydrogen (secondary N) is 1. The highest BCUT2D eigenvalue weighted by Gasteiger charge is 2.49. The maximum Gasteiger partial charge on any atom is 0.122 e. The zero-order valence-electron chi connectivity index (χ0n) is 12.2. The molecular formula is C15H26N4. The van der Waals surface area contributed by atoms with Gasteiger partial charge in [0.2, 0.25) is 0 Å². The third-order valence-electron chi connectivity index (χ3n) is 5.03. The van der Waals surface area contributed by atoms with Crippen LogP contribution in [0.4, 0.5) is 0 Å². The summed E-state index contributed by atoms with van der Waals surface area (Å²) in [7, 11) is 2.20. The molecule has 0 aromatic rings. The molecule has 3 rings (SSSR count). The Bertz CT molecular complexity index is 369. The van der Waals surface area contributed by atoms with Crippen molar-refractivity contribution in [3.8, 4) is 6.07 Å². The zero-order valence-corrected chi connectivity index (χ0v) is 12.2. The van der Waals surface area contributed by atoms with E-state index in [9.17, 15) is 5.26 Å². The van der Waals surface area contributed by atoms with Crippen LogP contribution in [-0.4, -0.2) is 60.6 Å². The molecule has 0 aromatic heterocycles. The first-order valence-corrected chi connectivity index (χ1v) is 7.74. The largest absolute Gasteiger partial charge is 0.301 e. The summed E-state index contributed by atoms with van der Waals surface area (Å²) in [6.07, 6.45) is 4.98. The van der Waals surface area contributed by atoms with Gasteiger partial charge in [0.25, 0.3) is 0 Å². The number of rotatable bonds is 5. The third kappa shape index (κ3) is 2.94. The normalized spacial score (nSPS) is 32.8. The average Bonchev–Trinajstić information content (AvgIpc) is 3.25. The molecule has 4 heteroatoms. The Balaban J connectivity index is 1.65. The second-order valence-corrected chi connectivity index (χ2v) is 6.84. The molecule has 1 aliphatic heterocycles. The highest BCUT2D eigenvalue weighted by molar-refractivity contribution is 5.18. The van der Waals surface area contributed by atoms with Crippen LogP contribution in [0, 0.1) is 17.2 Å². The number of hydrogen-bond acceptors (Lipinski definition) is 4. The molecule has 106 valence electrons. The van der Waals surface area contributed by atoms with Gasteiger partial charge in [-0.05, 0) is 45.6 Å². The van der Waals surface area contributed by atoms with Crippen molar-refractivity contribution in [2.45, 2.75) is 50.2 Å². The summed E-state index contributed by atoms with van der Waals surface area (Å²) < 4.78 is 0. The van der Waals surface area contributed by atoms with Gasteiger partial charge in [0.1, 0.15) is 5.54 Å². The van der Waals surface area contributed by atoms with Crippen molar-refractivity contribution in [2.24, 2.45) is 5.92 Å². The van der Waals surface area contributed by atoms with Crippen LogP contribution in [0.5, 0.6) is 0 Å². The minimum absolute atomic E-state index is 0.267. The second-order valence-electron chi connectivity index (χ2n) is 6.84. The van der Waals surface area contributed by atoms with Gasteiger partial charge in [0, 0.05) is 38.3 Å². The van der Waals surface area contributed by atoms with Gasteiger partial charge in [-0.1, -0.05) is 0 Å². The maximum atomic E-state index is 9.76. The highest BCUT2D eigenvalue weighted by atomic mass is 15.3. The minimum atomic E-state index is -0.267. The van der Waals surface area contributed by atoms with Crippen LogP contribution in [0.3, 0.4) is 0 Å². The van der Waals surface area contributed by atoms with Crippen LogP contribution in [0.2, 0.25) is 0 Å². The van der Waals surface area contributed by atoms with Crippen molar-refractivity contribution in [1.82, 2.24) is 15.1 Å². The van der Waals surface area contributed by atoms with Crippen molar-refractivity contribution in [3.63, 3.8) is 0 Å². The molecule has 1 heterocycles. The zero-order chi connectivity index (χ0) is 13.5. The maximum absolute atomic E-state index is 9.76. The van der Waals surface area contributed by atoms with Gasteiger partial charge >= 0.3 is 0 Å². The molecule has 4 nitrogen and oxygen atoms in total. The number of likely N-dealkylation sites (N-methyl/N-ethyl adjacent to an activating group) is 1. The van der Waals surface area contributed by atoms with Crippen molar-refractivity contribution in [1.29, 1.82) is 5.26 Å². The lowest BCUT2D eigenvalue weighted by molar-refractivity contribution is 0.0835. The van der Waals surface area contributed by atoms with E-state index in [0.717, 1.165) is 26.2 Å². The van der Waals surface area contributed by atoms with E-state index in [-0.39, 0.29) is 5.54 Å². The molecule has 0 spiro atoms. The lowest BCUT2D eigenvalue weighted by Crippen LogP contribution is -2.59. The molecule has 0 aromatic carbocycles. The van der Waals surface area contributed by atoms with Crippen LogP contribution in [0.15, 0.2) is 0 Å². The predicted octanol–water partition coefficient (Wildman–Crippen LogP) is 1.05. The van der Waals surface area contributed by atoms with Gasteiger partial charge in [-0.25, -0.2) is 0 Å². The second kappa shape index (κ2) is 5.05. The monoisotopic (exact) mass is 262 g/mol. The number of nitrogens with zero attached hydrogens (tertiary/aromatic N) is 3. The molecule has 1 N–H and O–H groups in total. The van der Waals surface area contributed by atoms with E-state index in [1.807, 2.05) is 0 Å². The van der Waals surface area contributed by atoms with Crippen molar-refractivity contribution < 1.29 is 0 Å². The van der Waals surface area contributed by atoms with E-state index < -0.39 is 0 Å². The Labute approximate surface area is 116 Å². The standard InChI is InChI=1S/C15H26N4/c1-12-9-19(8-7-18(12)2)11-15(10-16,13-3-4-13)17-14-5-6-14/h12-14,17H,3-9,11H2,1-2H3. The SMILES string of the molecule is CC1CN(CC(C#N)(NC2CC2)C2CC2)CCN1C. The van der Waals surface area contributed by atoms with E-state index >= 15 is 0 Å². The number of piperazine rings is 1. The molecule has 1 saturated heterocycles. The Morgan fingerprint density at radius 1 is 1.26 bits per heavy atom. The van der Waals surface area contributed by atoms with Crippen LogP contribution < -0.4 is 5.32 Å². The van der Waals surface area contributed by atoms with E-state index in [0.29, 0.717) is 18.0 Å². The molecular weight excluding hydrogens is 236 g/mol. The summed E-state index contributed by atoms with van der Waals surface area (Å²) in [6.45, 7) is 6.52. The summed E-state index contributed by atoms with van der Waals surface area (Å²) in [5.41, 5.74) is -0.267. The lowest BCUT2D eigenvalue weighted by Gasteiger charge is -2.41. The fourth-order valence-electron chi connectivity index (χ4n) is 3.24. The first-order valence-electron chi connectivity index (χ1n) is 7.74. The summed E-state index contributed by atoms with van der Waals surface area (Å²) >= 11 is 0. The van der Waals surface area contributed by atoms with E-state index in [1.54, 1.807) is 0 Å². The summed E-state index contributed by atoms with van der Waals surface area (Å²) in [4.78, 5) is 4.91. The predicted molar refractivity (Wildman–Crippen MR) is 75.8 cm³/mol. The molecule has 19 heavy (non-hydrogen) atoms. The van der Waals surface area contributed by atoms with E-state index in [2.05, 4.69) is 35.2 Å². The quantitative estimate of drug-likeness (QED) is 0.804. The first-order chi connectivity index (χ1) is 9.13. The Morgan fingerprint density at radius 3 is 2.53 bits per heavy atom. The molecule has 0 bridgehead atoms. The summed E-state index contributed by atoms with van der Waals surface area (Å²) in [6, 6.07) is 3.87. The molecule has 2 unspecified atom stereocenters. The number of hydrogen-bond donors (Lipinski definition) is 1. The Morgan fingerprint density at radius 2 is 2.00 bits per heavy atom. The molecule has 2 aliphatic carbocycles. The molecule has 2 atom stereocenters. The minimum Gasteiger partial charge on any atom is -0.301 e. The van der Waals surface area contributed by atoms with Crippen molar-refractivity contribution >= 4 is 0 Å². The molecule has 0 amide bonds. The van der Waals surface area contributed by atoms with E-state index in [4.69, 9.17) is 0 Å². The average molecular weight is 262 g/mol. The van der Waals surface area contributed by atoms with Gasteiger partial charge in [0.15, 0.2) is 0 Å². The van der Waals surface area contributed by atoms with E-state index in [1.165, 1.54) is 25.7 Å². The Kier molecular flexibility index (Phi) is 3.55. The third-order valence-corrected chi connectivity index (χ3v) is 5.03. The van der Waals surface area contributed by atoms with Crippen LogP contribution in [0.1, 0.15) is 32.6 Å². The Hall–Kier alpha value is -0.630. The van der Waals surface area contributed by atoms with Crippen LogP contribution in [0.25, 0.3) is 0 Å². The lowest BCUT2D eigenvalue weighted by atomic mass is 9.93.